The summed E-state index contributed by atoms with van der Waals surface area (Å²) in [6.07, 6.45) is 4.99. The Morgan fingerprint density at radius 1 is 1.53 bits per heavy atom. The number of benzene rings is 1. The predicted octanol–water partition coefficient (Wildman–Crippen LogP) is 3.38. The van der Waals surface area contributed by atoms with Crippen LogP contribution in [0.4, 0.5) is 5.69 Å². The predicted molar refractivity (Wildman–Crippen MR) is 68.4 cm³/mol. The number of carbonyl (C=O) groups is 1. The lowest BCUT2D eigenvalue weighted by molar-refractivity contribution is 0.0697. The molecule has 92 valence electrons. The molecule has 0 aromatic heterocycles. The number of rotatable bonds is 6. The highest BCUT2D eigenvalue weighted by Gasteiger charge is 2.24. The van der Waals surface area contributed by atoms with Crippen molar-refractivity contribution in [3.8, 4) is 0 Å². The molecule has 0 radical (unpaired) electrons. The van der Waals surface area contributed by atoms with Gasteiger partial charge in [0.05, 0.1) is 5.56 Å². The number of hydrogen-bond donors (Lipinski definition) is 2. The molecule has 3 heteroatoms. The molecular weight excluding hydrogens is 214 g/mol. The molecular formula is C14H19NO2. The minimum Gasteiger partial charge on any atom is -0.478 e. The van der Waals surface area contributed by atoms with E-state index in [2.05, 4.69) is 12.2 Å². The van der Waals surface area contributed by atoms with Crippen LogP contribution < -0.4 is 5.32 Å². The Hall–Kier alpha value is -1.51. The first kappa shape index (κ1) is 12.0. The van der Waals surface area contributed by atoms with Gasteiger partial charge in [0, 0.05) is 11.7 Å². The van der Waals surface area contributed by atoms with Gasteiger partial charge in [-0.05, 0) is 37.0 Å². The first-order valence-electron chi connectivity index (χ1n) is 6.29. The molecule has 1 unspecified atom stereocenters. The Morgan fingerprint density at radius 2 is 2.29 bits per heavy atom. The van der Waals surface area contributed by atoms with Gasteiger partial charge >= 0.3 is 5.97 Å². The number of nitrogens with one attached hydrogen (secondary N) is 1. The van der Waals surface area contributed by atoms with E-state index in [0.717, 1.165) is 18.0 Å². The second-order valence-corrected chi connectivity index (χ2v) is 4.81. The van der Waals surface area contributed by atoms with E-state index in [1.54, 1.807) is 18.2 Å². The smallest absolute Gasteiger partial charge is 0.335 e. The van der Waals surface area contributed by atoms with Gasteiger partial charge in [-0.3, -0.25) is 0 Å². The minimum absolute atomic E-state index is 0.344. The van der Waals surface area contributed by atoms with Crippen molar-refractivity contribution in [1.82, 2.24) is 0 Å². The van der Waals surface area contributed by atoms with Crippen molar-refractivity contribution < 1.29 is 9.90 Å². The fourth-order valence-corrected chi connectivity index (χ4v) is 2.06. The summed E-state index contributed by atoms with van der Waals surface area (Å²) in [5, 5.41) is 12.4. The van der Waals surface area contributed by atoms with E-state index in [9.17, 15) is 4.79 Å². The summed E-state index contributed by atoms with van der Waals surface area (Å²) in [4.78, 5) is 10.9. The lowest BCUT2D eigenvalue weighted by atomic mass is 10.1. The van der Waals surface area contributed by atoms with Gasteiger partial charge in [-0.1, -0.05) is 25.8 Å². The SMILES string of the molecule is CCC(CC1CC1)Nc1cccc(C(=O)O)c1. The van der Waals surface area contributed by atoms with Gasteiger partial charge in [-0.15, -0.1) is 0 Å². The third kappa shape index (κ3) is 3.48. The molecule has 0 spiro atoms. The molecule has 1 atom stereocenters. The van der Waals surface area contributed by atoms with Gasteiger partial charge in [0.2, 0.25) is 0 Å². The number of aromatic carboxylic acids is 1. The van der Waals surface area contributed by atoms with Crippen molar-refractivity contribution in [1.29, 1.82) is 0 Å². The van der Waals surface area contributed by atoms with E-state index in [-0.39, 0.29) is 0 Å². The lowest BCUT2D eigenvalue weighted by Gasteiger charge is -2.18. The highest BCUT2D eigenvalue weighted by atomic mass is 16.4. The molecule has 1 aromatic carbocycles. The normalized spacial score (nSPS) is 16.5. The van der Waals surface area contributed by atoms with Crippen molar-refractivity contribution in [3.05, 3.63) is 29.8 Å². The zero-order valence-corrected chi connectivity index (χ0v) is 10.1. The van der Waals surface area contributed by atoms with E-state index in [1.807, 2.05) is 6.07 Å². The molecule has 1 aliphatic rings. The van der Waals surface area contributed by atoms with Crippen LogP contribution in [0.25, 0.3) is 0 Å². The quantitative estimate of drug-likeness (QED) is 0.792. The number of carboxylic acid groups (broad SMARTS) is 1. The highest BCUT2D eigenvalue weighted by molar-refractivity contribution is 5.88. The summed E-state index contributed by atoms with van der Waals surface area (Å²) in [7, 11) is 0. The Morgan fingerprint density at radius 3 is 2.88 bits per heavy atom. The average molecular weight is 233 g/mol. The molecule has 0 amide bonds. The number of hydrogen-bond acceptors (Lipinski definition) is 2. The Kier molecular flexibility index (Phi) is 3.67. The van der Waals surface area contributed by atoms with Crippen molar-refractivity contribution in [2.75, 3.05) is 5.32 Å². The van der Waals surface area contributed by atoms with Crippen molar-refractivity contribution in [2.45, 2.75) is 38.6 Å². The Balaban J connectivity index is 2.00. The molecule has 0 saturated heterocycles. The fourth-order valence-electron chi connectivity index (χ4n) is 2.06. The lowest BCUT2D eigenvalue weighted by Crippen LogP contribution is -2.19. The number of anilines is 1. The molecule has 1 fully saturated rings. The summed E-state index contributed by atoms with van der Waals surface area (Å²) in [6, 6.07) is 7.51. The first-order chi connectivity index (χ1) is 8.19. The molecule has 1 saturated carbocycles. The third-order valence-corrected chi connectivity index (χ3v) is 3.29. The summed E-state index contributed by atoms with van der Waals surface area (Å²) in [5.41, 5.74) is 1.26. The second-order valence-electron chi connectivity index (χ2n) is 4.81. The molecule has 2 N–H and O–H groups in total. The van der Waals surface area contributed by atoms with E-state index in [0.29, 0.717) is 11.6 Å². The van der Waals surface area contributed by atoms with Gasteiger partial charge in [0.25, 0.3) is 0 Å². The molecule has 0 aliphatic heterocycles. The third-order valence-electron chi connectivity index (χ3n) is 3.29. The van der Waals surface area contributed by atoms with Gasteiger partial charge in [0.15, 0.2) is 0 Å². The van der Waals surface area contributed by atoms with Crippen LogP contribution in [0.2, 0.25) is 0 Å². The van der Waals surface area contributed by atoms with Crippen LogP contribution in [0.15, 0.2) is 24.3 Å². The maximum atomic E-state index is 10.9. The number of carboxylic acids is 1. The second kappa shape index (κ2) is 5.21. The van der Waals surface area contributed by atoms with Gasteiger partial charge in [-0.25, -0.2) is 4.79 Å². The molecule has 2 rings (SSSR count). The summed E-state index contributed by atoms with van der Waals surface area (Å²) >= 11 is 0. The molecule has 0 bridgehead atoms. The van der Waals surface area contributed by atoms with Crippen LogP contribution >= 0.6 is 0 Å². The Bertz CT molecular complexity index is 399. The van der Waals surface area contributed by atoms with Gasteiger partial charge in [0.1, 0.15) is 0 Å². The van der Waals surface area contributed by atoms with Crippen molar-refractivity contribution >= 4 is 11.7 Å². The molecule has 17 heavy (non-hydrogen) atoms. The van der Waals surface area contributed by atoms with E-state index in [1.165, 1.54) is 19.3 Å². The monoisotopic (exact) mass is 233 g/mol. The van der Waals surface area contributed by atoms with Crippen molar-refractivity contribution in [3.63, 3.8) is 0 Å². The first-order valence-corrected chi connectivity index (χ1v) is 6.29. The zero-order chi connectivity index (χ0) is 12.3. The van der Waals surface area contributed by atoms with E-state index < -0.39 is 5.97 Å². The Labute approximate surface area is 102 Å². The summed E-state index contributed by atoms with van der Waals surface area (Å²) in [6.45, 7) is 2.17. The maximum absolute atomic E-state index is 10.9. The van der Waals surface area contributed by atoms with Crippen LogP contribution in [0.1, 0.15) is 43.0 Å². The fraction of sp³-hybridized carbons (Fsp3) is 0.500. The highest BCUT2D eigenvalue weighted by Crippen LogP contribution is 2.34. The largest absolute Gasteiger partial charge is 0.478 e. The van der Waals surface area contributed by atoms with Crippen LogP contribution in [-0.4, -0.2) is 17.1 Å². The molecule has 3 nitrogen and oxygen atoms in total. The van der Waals surface area contributed by atoms with Crippen LogP contribution in [0.5, 0.6) is 0 Å². The average Bonchev–Trinajstić information content (AvgIpc) is 3.12. The topological polar surface area (TPSA) is 49.3 Å². The standard InChI is InChI=1S/C14H19NO2/c1-2-12(8-10-6-7-10)15-13-5-3-4-11(9-13)14(16)17/h3-5,9-10,12,15H,2,6-8H2,1H3,(H,16,17). The summed E-state index contributed by atoms with van der Waals surface area (Å²) < 4.78 is 0. The van der Waals surface area contributed by atoms with Crippen molar-refractivity contribution in [2.24, 2.45) is 5.92 Å². The van der Waals surface area contributed by atoms with Crippen LogP contribution in [-0.2, 0) is 0 Å². The molecule has 0 heterocycles. The van der Waals surface area contributed by atoms with E-state index >= 15 is 0 Å². The summed E-state index contributed by atoms with van der Waals surface area (Å²) in [5.74, 6) is 0.0130. The molecule has 1 aliphatic carbocycles. The van der Waals surface area contributed by atoms with Crippen LogP contribution in [0, 0.1) is 5.92 Å². The van der Waals surface area contributed by atoms with Gasteiger partial charge in [-0.2, -0.15) is 0 Å². The molecule has 1 aromatic rings. The maximum Gasteiger partial charge on any atom is 0.335 e. The zero-order valence-electron chi connectivity index (χ0n) is 10.1. The van der Waals surface area contributed by atoms with Gasteiger partial charge < -0.3 is 10.4 Å². The van der Waals surface area contributed by atoms with Crippen LogP contribution in [0.3, 0.4) is 0 Å². The van der Waals surface area contributed by atoms with E-state index in [4.69, 9.17) is 5.11 Å². The minimum atomic E-state index is -0.871.